The number of piperidine rings is 2. The number of para-hydroxylation sites is 2. The van der Waals surface area contributed by atoms with Gasteiger partial charge in [-0.1, -0.05) is 12.1 Å². The van der Waals surface area contributed by atoms with Gasteiger partial charge in [-0.3, -0.25) is 9.36 Å². The van der Waals surface area contributed by atoms with Crippen LogP contribution in [0.15, 0.2) is 30.3 Å². The molecule has 0 spiro atoms. The minimum atomic E-state index is -2.75. The number of hydrogen-bond donors (Lipinski definition) is 1. The van der Waals surface area contributed by atoms with Crippen molar-refractivity contribution in [3.05, 3.63) is 36.2 Å². The number of carbonyl (C=O) groups excluding carboxylic acids is 1. The van der Waals surface area contributed by atoms with Crippen LogP contribution < -0.4 is 10.2 Å². The first kappa shape index (κ1) is 27.8. The molecular weight excluding hydrogens is 530 g/mol. The number of anilines is 2. The van der Waals surface area contributed by atoms with Crippen molar-refractivity contribution >= 4 is 28.7 Å². The highest BCUT2D eigenvalue weighted by atomic mass is 19.3. The van der Waals surface area contributed by atoms with E-state index in [4.69, 9.17) is 14.7 Å². The minimum Gasteiger partial charge on any atom is -0.378 e. The number of fused-ring (bicyclic) bond motifs is 1. The summed E-state index contributed by atoms with van der Waals surface area (Å²) in [7, 11) is 0. The highest BCUT2D eigenvalue weighted by molar-refractivity contribution is 5.78. The molecule has 41 heavy (non-hydrogen) atoms. The van der Waals surface area contributed by atoms with Crippen LogP contribution in [-0.4, -0.2) is 100 Å². The van der Waals surface area contributed by atoms with Crippen LogP contribution in [0.25, 0.3) is 16.9 Å². The van der Waals surface area contributed by atoms with Gasteiger partial charge in [0.25, 0.3) is 6.43 Å². The van der Waals surface area contributed by atoms with Gasteiger partial charge < -0.3 is 24.8 Å². The molecule has 1 amide bonds. The van der Waals surface area contributed by atoms with Crippen molar-refractivity contribution in [1.82, 2.24) is 29.3 Å². The molecule has 3 aliphatic rings. The molecule has 3 fully saturated rings. The van der Waals surface area contributed by atoms with Gasteiger partial charge in [-0.15, -0.1) is 0 Å². The summed E-state index contributed by atoms with van der Waals surface area (Å²) in [5.41, 5.74) is 1.09. The molecule has 0 atom stereocenters. The third-order valence-electron chi connectivity index (χ3n) is 8.67. The van der Waals surface area contributed by atoms with E-state index in [0.717, 1.165) is 58.4 Å². The van der Waals surface area contributed by atoms with Crippen LogP contribution >= 0.6 is 0 Å². The van der Waals surface area contributed by atoms with E-state index in [1.54, 1.807) is 31.2 Å². The van der Waals surface area contributed by atoms with E-state index in [0.29, 0.717) is 66.9 Å². The predicted octanol–water partition coefficient (Wildman–Crippen LogP) is 3.72. The predicted molar refractivity (Wildman–Crippen MR) is 153 cm³/mol. The number of aromatic nitrogens is 4. The van der Waals surface area contributed by atoms with E-state index in [9.17, 15) is 13.6 Å². The van der Waals surface area contributed by atoms with Gasteiger partial charge in [-0.05, 0) is 56.8 Å². The van der Waals surface area contributed by atoms with Crippen LogP contribution in [0.2, 0.25) is 0 Å². The lowest BCUT2D eigenvalue weighted by Gasteiger charge is -2.41. The molecule has 0 aliphatic carbocycles. The molecule has 3 saturated heterocycles. The van der Waals surface area contributed by atoms with Crippen molar-refractivity contribution < 1.29 is 18.3 Å². The SMILES string of the molecule is CC(=O)N1CCC(N2CCC(CNc3nc(N4CCOCC4)cc(-n4c(C(F)F)nc5ccccc54)n3)CC2)CC1. The third-order valence-corrected chi connectivity index (χ3v) is 8.67. The van der Waals surface area contributed by atoms with E-state index >= 15 is 0 Å². The van der Waals surface area contributed by atoms with Gasteiger partial charge in [0.1, 0.15) is 11.6 Å². The Labute approximate surface area is 238 Å². The lowest BCUT2D eigenvalue weighted by atomic mass is 9.93. The number of nitrogens with one attached hydrogen (secondary N) is 1. The van der Waals surface area contributed by atoms with Gasteiger partial charge in [0.05, 0.1) is 24.2 Å². The Balaban J connectivity index is 1.18. The maximum atomic E-state index is 14.1. The van der Waals surface area contributed by atoms with Crippen LogP contribution in [0.4, 0.5) is 20.5 Å². The second-order valence-electron chi connectivity index (χ2n) is 11.2. The quantitative estimate of drug-likeness (QED) is 0.461. The van der Waals surface area contributed by atoms with Gasteiger partial charge >= 0.3 is 0 Å². The molecule has 0 radical (unpaired) electrons. The Morgan fingerprint density at radius 1 is 0.976 bits per heavy atom. The molecule has 12 heteroatoms. The highest BCUT2D eigenvalue weighted by Crippen LogP contribution is 2.30. The zero-order valence-corrected chi connectivity index (χ0v) is 23.5. The first-order valence-electron chi connectivity index (χ1n) is 14.7. The number of morpholine rings is 1. The summed E-state index contributed by atoms with van der Waals surface area (Å²) in [5.74, 6) is 1.80. The first-order chi connectivity index (χ1) is 20.0. The molecule has 220 valence electrons. The molecule has 0 bridgehead atoms. The topological polar surface area (TPSA) is 91.7 Å². The molecule has 0 saturated carbocycles. The lowest BCUT2D eigenvalue weighted by molar-refractivity contribution is -0.130. The number of alkyl halides is 2. The number of carbonyl (C=O) groups is 1. The summed E-state index contributed by atoms with van der Waals surface area (Å²) in [4.78, 5) is 32.0. The van der Waals surface area contributed by atoms with E-state index in [1.165, 1.54) is 4.57 Å². The summed E-state index contributed by atoms with van der Waals surface area (Å²) in [6.07, 6.45) is 1.46. The van der Waals surface area contributed by atoms with E-state index in [1.807, 2.05) is 11.0 Å². The fourth-order valence-corrected chi connectivity index (χ4v) is 6.31. The smallest absolute Gasteiger partial charge is 0.296 e. The van der Waals surface area contributed by atoms with Gasteiger partial charge in [0.15, 0.2) is 5.82 Å². The Bertz CT molecular complexity index is 1350. The number of amides is 1. The summed E-state index contributed by atoms with van der Waals surface area (Å²) in [5, 5.41) is 3.44. The van der Waals surface area contributed by atoms with E-state index < -0.39 is 6.43 Å². The fraction of sp³-hybridized carbons (Fsp3) is 0.586. The first-order valence-corrected chi connectivity index (χ1v) is 14.7. The molecule has 3 aromatic rings. The largest absolute Gasteiger partial charge is 0.378 e. The van der Waals surface area contributed by atoms with Crippen LogP contribution in [-0.2, 0) is 9.53 Å². The normalized spacial score (nSPS) is 19.8. The number of imidazole rings is 1. The summed E-state index contributed by atoms with van der Waals surface area (Å²) in [6, 6.07) is 9.45. The Kier molecular flexibility index (Phi) is 8.29. The molecule has 0 unspecified atom stereocenters. The monoisotopic (exact) mass is 568 g/mol. The molecular formula is C29H38F2N8O2. The molecule has 10 nitrogen and oxygen atoms in total. The van der Waals surface area contributed by atoms with Gasteiger partial charge in [-0.25, -0.2) is 13.8 Å². The standard InChI is InChI=1S/C29H38F2N8O2/c1-20(40)36-12-8-22(9-13-36)37-10-6-21(7-11-37)19-32-29-34-25(38-14-16-41-17-15-38)18-26(35-29)39-24-5-3-2-4-23(24)33-28(39)27(30)31/h2-5,18,21-22,27H,6-17,19H2,1H3,(H,32,34,35). The van der Waals surface area contributed by atoms with Crippen molar-refractivity contribution in [3.63, 3.8) is 0 Å². The number of likely N-dealkylation sites (tertiary alicyclic amines) is 2. The van der Waals surface area contributed by atoms with Crippen LogP contribution in [0.3, 0.4) is 0 Å². The Morgan fingerprint density at radius 3 is 2.39 bits per heavy atom. The second kappa shape index (κ2) is 12.2. The number of halogens is 2. The van der Waals surface area contributed by atoms with Gasteiger partial charge in [0.2, 0.25) is 11.9 Å². The lowest BCUT2D eigenvalue weighted by Crippen LogP contribution is -2.49. The minimum absolute atomic E-state index is 0.169. The van der Waals surface area contributed by atoms with Crippen LogP contribution in [0.5, 0.6) is 0 Å². The van der Waals surface area contributed by atoms with Crippen LogP contribution in [0.1, 0.15) is 44.9 Å². The summed E-state index contributed by atoms with van der Waals surface area (Å²) < 4.78 is 35.2. The molecule has 3 aliphatic heterocycles. The zero-order valence-electron chi connectivity index (χ0n) is 23.5. The Morgan fingerprint density at radius 2 is 1.68 bits per heavy atom. The van der Waals surface area contributed by atoms with Crippen molar-refractivity contribution in [2.24, 2.45) is 5.92 Å². The van der Waals surface area contributed by atoms with Crippen molar-refractivity contribution in [1.29, 1.82) is 0 Å². The fourth-order valence-electron chi connectivity index (χ4n) is 6.31. The van der Waals surface area contributed by atoms with E-state index in [-0.39, 0.29) is 11.7 Å². The van der Waals surface area contributed by atoms with Crippen LogP contribution in [0, 0.1) is 5.92 Å². The van der Waals surface area contributed by atoms with Gasteiger partial charge in [0, 0.05) is 51.8 Å². The molecule has 1 aromatic carbocycles. The average Bonchev–Trinajstić information content (AvgIpc) is 3.41. The maximum Gasteiger partial charge on any atom is 0.296 e. The maximum absolute atomic E-state index is 14.1. The average molecular weight is 569 g/mol. The number of benzene rings is 1. The number of rotatable bonds is 7. The molecule has 1 N–H and O–H groups in total. The number of nitrogens with zero attached hydrogens (tertiary/aromatic N) is 7. The summed E-state index contributed by atoms with van der Waals surface area (Å²) >= 11 is 0. The van der Waals surface area contributed by atoms with Crippen molar-refractivity contribution in [2.75, 3.05) is 69.2 Å². The molecule has 5 heterocycles. The van der Waals surface area contributed by atoms with Crippen molar-refractivity contribution in [2.45, 2.75) is 45.1 Å². The molecule has 2 aromatic heterocycles. The van der Waals surface area contributed by atoms with Gasteiger partial charge in [-0.2, -0.15) is 9.97 Å². The Hall–Kier alpha value is -3.38. The second-order valence-corrected chi connectivity index (χ2v) is 11.2. The highest BCUT2D eigenvalue weighted by Gasteiger charge is 2.29. The summed E-state index contributed by atoms with van der Waals surface area (Å²) in [6.45, 7) is 8.66. The van der Waals surface area contributed by atoms with E-state index in [2.05, 4.69) is 20.1 Å². The third kappa shape index (κ3) is 6.13. The zero-order chi connectivity index (χ0) is 28.3. The van der Waals surface area contributed by atoms with Crippen molar-refractivity contribution in [3.8, 4) is 5.82 Å². The molecule has 6 rings (SSSR count). The number of ether oxygens (including phenoxy) is 1. The number of hydrogen-bond acceptors (Lipinski definition) is 8.